The van der Waals surface area contributed by atoms with Crippen molar-refractivity contribution in [2.24, 2.45) is 0 Å². The topological polar surface area (TPSA) is 32.8 Å². The molecule has 7 heteroatoms. The molecule has 0 amide bonds. The first kappa shape index (κ1) is 19.5. The Kier molecular flexibility index (Phi) is 6.10. The fourth-order valence-electron chi connectivity index (χ4n) is 2.91. The molecule has 138 valence electrons. The molecule has 0 radical (unpaired) electrons. The van der Waals surface area contributed by atoms with E-state index in [4.69, 9.17) is 39.6 Å². The van der Waals surface area contributed by atoms with E-state index in [-0.39, 0.29) is 0 Å². The standard InChI is InChI=1S/C19H19Cl3N2O2/c1-23-10-12-24(13-11-23)26-18(25)19(22,14-6-2-4-8-16(14)20)15-7-3-5-9-17(15)21/h2-9H,10-13H2,1H3. The zero-order valence-corrected chi connectivity index (χ0v) is 16.6. The van der Waals surface area contributed by atoms with Gasteiger partial charge in [0.05, 0.1) is 0 Å². The van der Waals surface area contributed by atoms with Crippen LogP contribution in [0.15, 0.2) is 48.5 Å². The highest BCUT2D eigenvalue weighted by Crippen LogP contribution is 2.44. The molecule has 1 aliphatic heterocycles. The average Bonchev–Trinajstić information content (AvgIpc) is 2.64. The summed E-state index contributed by atoms with van der Waals surface area (Å²) in [7, 11) is 2.03. The van der Waals surface area contributed by atoms with Crippen molar-refractivity contribution >= 4 is 40.8 Å². The van der Waals surface area contributed by atoms with Crippen molar-refractivity contribution in [3.8, 4) is 0 Å². The molecule has 3 rings (SSSR count). The van der Waals surface area contributed by atoms with Crippen LogP contribution in [0.2, 0.25) is 10.0 Å². The summed E-state index contributed by atoms with van der Waals surface area (Å²) in [5.41, 5.74) is 0.881. The van der Waals surface area contributed by atoms with Gasteiger partial charge in [-0.1, -0.05) is 71.2 Å². The third-order valence-corrected chi connectivity index (χ3v) is 5.67. The summed E-state index contributed by atoms with van der Waals surface area (Å²) in [4.78, 5) is 19.4. The molecule has 1 heterocycles. The van der Waals surface area contributed by atoms with Gasteiger partial charge >= 0.3 is 5.97 Å². The number of hydrogen-bond acceptors (Lipinski definition) is 4. The second-order valence-electron chi connectivity index (χ2n) is 6.23. The van der Waals surface area contributed by atoms with Crippen LogP contribution in [0.1, 0.15) is 11.1 Å². The zero-order valence-electron chi connectivity index (χ0n) is 14.3. The van der Waals surface area contributed by atoms with Crippen LogP contribution in [0, 0.1) is 0 Å². The number of benzene rings is 2. The predicted octanol–water partition coefficient (Wildman–Crippen LogP) is 4.18. The molecule has 26 heavy (non-hydrogen) atoms. The molecular formula is C19H19Cl3N2O2. The maximum absolute atomic E-state index is 13.2. The number of likely N-dealkylation sites (N-methyl/N-ethyl adjacent to an activating group) is 1. The summed E-state index contributed by atoms with van der Waals surface area (Å²) in [5.74, 6) is -0.620. The number of piperazine rings is 1. The predicted molar refractivity (Wildman–Crippen MR) is 105 cm³/mol. The van der Waals surface area contributed by atoms with Crippen LogP contribution in [0.25, 0.3) is 0 Å². The van der Waals surface area contributed by atoms with E-state index in [2.05, 4.69) is 4.90 Å². The molecule has 0 bridgehead atoms. The average molecular weight is 414 g/mol. The van der Waals surface area contributed by atoms with Crippen molar-refractivity contribution in [2.75, 3.05) is 33.2 Å². The van der Waals surface area contributed by atoms with Crippen LogP contribution >= 0.6 is 34.8 Å². The van der Waals surface area contributed by atoms with E-state index in [1.54, 1.807) is 53.6 Å². The molecule has 0 saturated carbocycles. The molecule has 0 spiro atoms. The van der Waals surface area contributed by atoms with E-state index in [0.29, 0.717) is 34.3 Å². The zero-order chi connectivity index (χ0) is 18.7. The lowest BCUT2D eigenvalue weighted by Gasteiger charge is -2.34. The summed E-state index contributed by atoms with van der Waals surface area (Å²) in [6.07, 6.45) is 0. The monoisotopic (exact) mass is 412 g/mol. The number of alkyl halides is 1. The molecule has 0 aromatic heterocycles. The molecular weight excluding hydrogens is 395 g/mol. The van der Waals surface area contributed by atoms with E-state index in [1.165, 1.54) is 0 Å². The van der Waals surface area contributed by atoms with Gasteiger partial charge in [-0.3, -0.25) is 0 Å². The Balaban J connectivity index is 2.00. The summed E-state index contributed by atoms with van der Waals surface area (Å²) in [5, 5.41) is 2.38. The second kappa shape index (κ2) is 8.15. The molecule has 4 nitrogen and oxygen atoms in total. The Morgan fingerprint density at radius 3 is 1.85 bits per heavy atom. The normalized spacial score (nSPS) is 16.5. The number of halogens is 3. The number of carbonyl (C=O) groups excluding carboxylic acids is 1. The highest BCUT2D eigenvalue weighted by Gasteiger charge is 2.46. The van der Waals surface area contributed by atoms with Crippen molar-refractivity contribution in [1.29, 1.82) is 0 Å². The first-order valence-corrected chi connectivity index (χ1v) is 9.41. The van der Waals surface area contributed by atoms with E-state index < -0.39 is 10.8 Å². The minimum absolute atomic E-state index is 0.373. The Bertz CT molecular complexity index is 746. The fraction of sp³-hybridized carbons (Fsp3) is 0.316. The molecule has 0 atom stereocenters. The van der Waals surface area contributed by atoms with Gasteiger partial charge in [0.25, 0.3) is 0 Å². The highest BCUT2D eigenvalue weighted by atomic mass is 35.5. The van der Waals surface area contributed by atoms with Gasteiger partial charge in [0.2, 0.25) is 0 Å². The smallest absolute Gasteiger partial charge is 0.355 e. The minimum atomic E-state index is -1.64. The number of rotatable bonds is 4. The van der Waals surface area contributed by atoms with Crippen LogP contribution < -0.4 is 0 Å². The minimum Gasteiger partial charge on any atom is -0.366 e. The fourth-order valence-corrected chi connectivity index (χ4v) is 3.92. The van der Waals surface area contributed by atoms with Crippen LogP contribution in [0.5, 0.6) is 0 Å². The number of hydrogen-bond donors (Lipinski definition) is 0. The Morgan fingerprint density at radius 2 is 1.38 bits per heavy atom. The molecule has 0 unspecified atom stereocenters. The van der Waals surface area contributed by atoms with Gasteiger partial charge < -0.3 is 9.74 Å². The van der Waals surface area contributed by atoms with Crippen LogP contribution in [-0.4, -0.2) is 49.2 Å². The van der Waals surface area contributed by atoms with Crippen LogP contribution in [0.3, 0.4) is 0 Å². The molecule has 1 fully saturated rings. The van der Waals surface area contributed by atoms with Gasteiger partial charge in [0, 0.05) is 47.4 Å². The molecule has 0 N–H and O–H groups in total. The SMILES string of the molecule is CN1CCN(OC(=O)C(Cl)(c2ccccc2Cl)c2ccccc2Cl)CC1. The first-order chi connectivity index (χ1) is 12.4. The lowest BCUT2D eigenvalue weighted by Crippen LogP contribution is -2.47. The Hall–Kier alpha value is -1.30. The van der Waals surface area contributed by atoms with Crippen molar-refractivity contribution in [3.63, 3.8) is 0 Å². The van der Waals surface area contributed by atoms with E-state index in [1.807, 2.05) is 7.05 Å². The van der Waals surface area contributed by atoms with E-state index >= 15 is 0 Å². The van der Waals surface area contributed by atoms with Crippen molar-refractivity contribution in [3.05, 3.63) is 69.7 Å². The molecule has 1 aliphatic rings. The van der Waals surface area contributed by atoms with Gasteiger partial charge in [-0.25, -0.2) is 4.79 Å². The third kappa shape index (κ3) is 3.85. The first-order valence-electron chi connectivity index (χ1n) is 8.27. The van der Waals surface area contributed by atoms with Crippen LogP contribution in [0.4, 0.5) is 0 Å². The maximum atomic E-state index is 13.2. The van der Waals surface area contributed by atoms with Crippen molar-refractivity contribution in [1.82, 2.24) is 9.96 Å². The largest absolute Gasteiger partial charge is 0.366 e. The van der Waals surface area contributed by atoms with Gasteiger partial charge in [0.1, 0.15) is 0 Å². The number of carbonyl (C=O) groups is 1. The molecule has 2 aromatic carbocycles. The number of nitrogens with zero attached hydrogens (tertiary/aromatic N) is 2. The van der Waals surface area contributed by atoms with Crippen LogP contribution in [-0.2, 0) is 14.5 Å². The maximum Gasteiger partial charge on any atom is 0.355 e. The summed E-state index contributed by atoms with van der Waals surface area (Å²) < 4.78 is 0. The summed E-state index contributed by atoms with van der Waals surface area (Å²) in [6, 6.07) is 13.9. The molecule has 2 aromatic rings. The van der Waals surface area contributed by atoms with Gasteiger partial charge in [-0.15, -0.1) is 5.06 Å². The van der Waals surface area contributed by atoms with E-state index in [0.717, 1.165) is 13.1 Å². The summed E-state index contributed by atoms with van der Waals surface area (Å²) in [6.45, 7) is 2.84. The van der Waals surface area contributed by atoms with Gasteiger partial charge in [-0.05, 0) is 19.2 Å². The highest BCUT2D eigenvalue weighted by molar-refractivity contribution is 6.41. The third-order valence-electron chi connectivity index (χ3n) is 4.45. The lowest BCUT2D eigenvalue weighted by molar-refractivity contribution is -0.199. The molecule has 0 aliphatic carbocycles. The van der Waals surface area contributed by atoms with Crippen molar-refractivity contribution in [2.45, 2.75) is 4.87 Å². The van der Waals surface area contributed by atoms with Crippen molar-refractivity contribution < 1.29 is 9.63 Å². The lowest BCUT2D eigenvalue weighted by atomic mass is 9.90. The second-order valence-corrected chi connectivity index (χ2v) is 7.61. The van der Waals surface area contributed by atoms with Gasteiger partial charge in [0.15, 0.2) is 4.87 Å². The Labute approximate surface area is 168 Å². The van der Waals surface area contributed by atoms with Gasteiger partial charge in [-0.2, -0.15) is 0 Å². The quantitative estimate of drug-likeness (QED) is 0.704. The summed E-state index contributed by atoms with van der Waals surface area (Å²) >= 11 is 19.6. The Morgan fingerprint density at radius 1 is 0.923 bits per heavy atom. The molecule has 1 saturated heterocycles. The van der Waals surface area contributed by atoms with E-state index in [9.17, 15) is 4.79 Å². The number of hydroxylamine groups is 2.